The minimum Gasteiger partial charge on any atom is -0.508 e. The summed E-state index contributed by atoms with van der Waals surface area (Å²) in [6, 6.07) is 4.35. The molecule has 0 aromatic heterocycles. The molecule has 0 aliphatic carbocycles. The molecule has 1 aromatic rings. The Morgan fingerprint density at radius 3 is 2.77 bits per heavy atom. The lowest BCUT2D eigenvalue weighted by atomic mass is 10.1. The highest BCUT2D eigenvalue weighted by atomic mass is 16.4. The molecule has 0 saturated heterocycles. The second-order valence-corrected chi connectivity index (χ2v) is 2.48. The summed E-state index contributed by atoms with van der Waals surface area (Å²) in [5.41, 5.74) is 6.43. The molecule has 0 bridgehead atoms. The summed E-state index contributed by atoms with van der Waals surface area (Å²) >= 11 is 0. The number of nitrogens with two attached hydrogens (primary N) is 1. The SMILES string of the molecule is Nc1ccc(O)cc1/C=C/C(=O)O. The third kappa shape index (κ3) is 2.52. The van der Waals surface area contributed by atoms with E-state index in [9.17, 15) is 4.79 Å². The zero-order chi connectivity index (χ0) is 9.84. The maximum atomic E-state index is 10.2. The van der Waals surface area contributed by atoms with Crippen molar-refractivity contribution in [3.05, 3.63) is 29.8 Å². The summed E-state index contributed by atoms with van der Waals surface area (Å²) in [6.07, 6.45) is 2.29. The van der Waals surface area contributed by atoms with Crippen molar-refractivity contribution in [1.82, 2.24) is 0 Å². The van der Waals surface area contributed by atoms with E-state index in [1.54, 1.807) is 0 Å². The number of hydrogen-bond acceptors (Lipinski definition) is 3. The largest absolute Gasteiger partial charge is 0.508 e. The first-order chi connectivity index (χ1) is 6.09. The molecule has 0 amide bonds. The van der Waals surface area contributed by atoms with Crippen molar-refractivity contribution in [2.45, 2.75) is 0 Å². The molecule has 4 N–H and O–H groups in total. The smallest absolute Gasteiger partial charge is 0.328 e. The van der Waals surface area contributed by atoms with Gasteiger partial charge in [0.15, 0.2) is 0 Å². The quantitative estimate of drug-likeness (QED) is 0.360. The van der Waals surface area contributed by atoms with Crippen molar-refractivity contribution in [2.24, 2.45) is 0 Å². The predicted octanol–water partition coefficient (Wildman–Crippen LogP) is 1.07. The van der Waals surface area contributed by atoms with E-state index in [-0.39, 0.29) is 5.75 Å². The van der Waals surface area contributed by atoms with Crippen molar-refractivity contribution in [3.63, 3.8) is 0 Å². The number of hydrogen-bond donors (Lipinski definition) is 3. The van der Waals surface area contributed by atoms with E-state index in [1.807, 2.05) is 0 Å². The highest BCUT2D eigenvalue weighted by Crippen LogP contribution is 2.19. The summed E-state index contributed by atoms with van der Waals surface area (Å²) in [5, 5.41) is 17.4. The normalized spacial score (nSPS) is 10.5. The molecule has 0 saturated carbocycles. The average Bonchev–Trinajstić information content (AvgIpc) is 2.06. The Hall–Kier alpha value is -1.97. The molecule has 0 unspecified atom stereocenters. The first-order valence-electron chi connectivity index (χ1n) is 3.59. The van der Waals surface area contributed by atoms with Gasteiger partial charge in [0, 0.05) is 17.3 Å². The van der Waals surface area contributed by atoms with Gasteiger partial charge in [-0.05, 0) is 24.3 Å². The maximum absolute atomic E-state index is 10.2. The third-order valence-electron chi connectivity index (χ3n) is 1.48. The molecule has 0 fully saturated rings. The van der Waals surface area contributed by atoms with Crippen molar-refractivity contribution in [3.8, 4) is 5.75 Å². The lowest BCUT2D eigenvalue weighted by Crippen LogP contribution is -1.90. The van der Waals surface area contributed by atoms with Gasteiger partial charge in [0.1, 0.15) is 5.75 Å². The second-order valence-electron chi connectivity index (χ2n) is 2.48. The summed E-state index contributed by atoms with van der Waals surface area (Å²) in [5.74, 6) is -0.998. The van der Waals surface area contributed by atoms with Gasteiger partial charge in [-0.3, -0.25) is 0 Å². The molecule has 0 spiro atoms. The molecule has 0 heterocycles. The van der Waals surface area contributed by atoms with E-state index in [0.717, 1.165) is 6.08 Å². The van der Waals surface area contributed by atoms with Crippen LogP contribution < -0.4 is 5.73 Å². The molecule has 0 aliphatic heterocycles. The van der Waals surface area contributed by atoms with Gasteiger partial charge in [0.2, 0.25) is 0 Å². The molecule has 13 heavy (non-hydrogen) atoms. The molecule has 0 aliphatic rings. The van der Waals surface area contributed by atoms with Gasteiger partial charge >= 0.3 is 5.97 Å². The zero-order valence-corrected chi connectivity index (χ0v) is 6.77. The van der Waals surface area contributed by atoms with Gasteiger partial charge in [-0.15, -0.1) is 0 Å². The molecule has 4 nitrogen and oxygen atoms in total. The number of carboxylic acids is 1. The van der Waals surface area contributed by atoms with Crippen LogP contribution in [0.4, 0.5) is 5.69 Å². The third-order valence-corrected chi connectivity index (χ3v) is 1.48. The number of phenolic OH excluding ortho intramolecular Hbond substituents is 1. The van der Waals surface area contributed by atoms with Gasteiger partial charge in [-0.25, -0.2) is 4.79 Å². The Balaban J connectivity index is 3.00. The molecule has 68 valence electrons. The van der Waals surface area contributed by atoms with E-state index in [2.05, 4.69) is 0 Å². The fourth-order valence-electron chi connectivity index (χ4n) is 0.868. The first-order valence-corrected chi connectivity index (χ1v) is 3.59. The van der Waals surface area contributed by atoms with Crippen LogP contribution in [-0.4, -0.2) is 16.2 Å². The van der Waals surface area contributed by atoms with Crippen LogP contribution in [0.15, 0.2) is 24.3 Å². The lowest BCUT2D eigenvalue weighted by Gasteiger charge is -1.99. The highest BCUT2D eigenvalue weighted by molar-refractivity contribution is 5.86. The number of carbonyl (C=O) groups is 1. The minimum atomic E-state index is -1.05. The number of phenols is 1. The number of rotatable bonds is 2. The van der Waals surface area contributed by atoms with E-state index >= 15 is 0 Å². The molecule has 4 heteroatoms. The number of aliphatic carboxylic acids is 1. The predicted molar refractivity (Wildman–Crippen MR) is 49.2 cm³/mol. The van der Waals surface area contributed by atoms with E-state index in [4.69, 9.17) is 15.9 Å². The summed E-state index contributed by atoms with van der Waals surface area (Å²) in [4.78, 5) is 10.2. The maximum Gasteiger partial charge on any atom is 0.328 e. The van der Waals surface area contributed by atoms with E-state index in [1.165, 1.54) is 24.3 Å². The Bertz CT molecular complexity index is 358. The van der Waals surface area contributed by atoms with Gasteiger partial charge in [0.05, 0.1) is 0 Å². The monoisotopic (exact) mass is 179 g/mol. The summed E-state index contributed by atoms with van der Waals surface area (Å²) in [7, 11) is 0. The number of nitrogen functional groups attached to an aromatic ring is 1. The average molecular weight is 179 g/mol. The number of aromatic hydroxyl groups is 1. The number of carboxylic acid groups (broad SMARTS) is 1. The van der Waals surface area contributed by atoms with Crippen molar-refractivity contribution in [2.75, 3.05) is 5.73 Å². The fraction of sp³-hybridized carbons (Fsp3) is 0. The van der Waals surface area contributed by atoms with Crippen molar-refractivity contribution >= 4 is 17.7 Å². The Kier molecular flexibility index (Phi) is 2.54. The summed E-state index contributed by atoms with van der Waals surface area (Å²) < 4.78 is 0. The van der Waals surface area contributed by atoms with Crippen molar-refractivity contribution in [1.29, 1.82) is 0 Å². The van der Waals surface area contributed by atoms with Crippen LogP contribution in [0.5, 0.6) is 5.75 Å². The Morgan fingerprint density at radius 2 is 2.15 bits per heavy atom. The zero-order valence-electron chi connectivity index (χ0n) is 6.77. The minimum absolute atomic E-state index is 0.0549. The van der Waals surface area contributed by atoms with Gasteiger partial charge in [-0.1, -0.05) is 0 Å². The van der Waals surface area contributed by atoms with Crippen LogP contribution in [0.1, 0.15) is 5.56 Å². The molecule has 0 radical (unpaired) electrons. The molecule has 0 atom stereocenters. The molecular formula is C9H9NO3. The molecule has 1 rings (SSSR count). The fourth-order valence-corrected chi connectivity index (χ4v) is 0.868. The molecule has 1 aromatic carbocycles. The topological polar surface area (TPSA) is 83.5 Å². The second kappa shape index (κ2) is 3.62. The van der Waals surface area contributed by atoms with E-state index < -0.39 is 5.97 Å². The van der Waals surface area contributed by atoms with Crippen LogP contribution in [0, 0.1) is 0 Å². The first kappa shape index (κ1) is 9.12. The molecular weight excluding hydrogens is 170 g/mol. The van der Waals surface area contributed by atoms with Crippen LogP contribution in [0.3, 0.4) is 0 Å². The number of anilines is 1. The number of benzene rings is 1. The Labute approximate surface area is 74.9 Å². The van der Waals surface area contributed by atoms with Gasteiger partial charge in [0.25, 0.3) is 0 Å². The van der Waals surface area contributed by atoms with Crippen LogP contribution >= 0.6 is 0 Å². The highest BCUT2D eigenvalue weighted by Gasteiger charge is 1.97. The van der Waals surface area contributed by atoms with Crippen LogP contribution in [0.25, 0.3) is 6.08 Å². The van der Waals surface area contributed by atoms with Crippen LogP contribution in [0.2, 0.25) is 0 Å². The Morgan fingerprint density at radius 1 is 1.46 bits per heavy atom. The van der Waals surface area contributed by atoms with E-state index in [0.29, 0.717) is 11.3 Å². The van der Waals surface area contributed by atoms with Gasteiger partial charge < -0.3 is 15.9 Å². The standard InChI is InChI=1S/C9H9NO3/c10-8-3-2-7(11)5-6(8)1-4-9(12)13/h1-5,11H,10H2,(H,12,13)/b4-1+. The summed E-state index contributed by atoms with van der Waals surface area (Å²) in [6.45, 7) is 0. The van der Waals surface area contributed by atoms with Crippen LogP contribution in [-0.2, 0) is 4.79 Å². The van der Waals surface area contributed by atoms with Gasteiger partial charge in [-0.2, -0.15) is 0 Å². The van der Waals surface area contributed by atoms with Crippen molar-refractivity contribution < 1.29 is 15.0 Å². The lowest BCUT2D eigenvalue weighted by molar-refractivity contribution is -0.131.